The molecule has 43 valence electrons. The zero-order chi connectivity index (χ0) is 6.10. The van der Waals surface area contributed by atoms with Gasteiger partial charge in [0, 0.05) is 6.20 Å². The van der Waals surface area contributed by atoms with Gasteiger partial charge in [0.15, 0.2) is 0 Å². The third-order valence-corrected chi connectivity index (χ3v) is 1.15. The van der Waals surface area contributed by atoms with Crippen molar-refractivity contribution in [2.75, 3.05) is 0 Å². The Balaban J connectivity index is 2.95. The number of rotatable bonds is 0. The van der Waals surface area contributed by atoms with Gasteiger partial charge in [0.2, 0.25) is 0 Å². The molecule has 0 aliphatic rings. The van der Waals surface area contributed by atoms with E-state index in [-0.39, 0.29) is 0 Å². The Labute approximate surface area is 51.7 Å². The first-order valence-corrected chi connectivity index (χ1v) is 2.63. The molecule has 0 aliphatic heterocycles. The first kappa shape index (κ1) is 4.49. The summed E-state index contributed by atoms with van der Waals surface area (Å²) in [6.07, 6.45) is 4.42. The van der Waals surface area contributed by atoms with Crippen LogP contribution in [0.5, 0.6) is 0 Å². The Morgan fingerprint density at radius 3 is 3.44 bits per heavy atom. The average molecular weight is 118 g/mol. The predicted molar refractivity (Wildman–Crippen MR) is 32.7 cm³/mol. The largest absolute Gasteiger partial charge is 0.275 e. The Bertz CT molecular complexity index is 282. The van der Waals surface area contributed by atoms with Crippen LogP contribution in [0.2, 0.25) is 0 Å². The highest BCUT2D eigenvalue weighted by atomic mass is 15.1. The van der Waals surface area contributed by atoms with Crippen molar-refractivity contribution in [2.45, 2.75) is 0 Å². The van der Waals surface area contributed by atoms with Crippen molar-refractivity contribution in [3.05, 3.63) is 24.5 Å². The van der Waals surface area contributed by atoms with E-state index in [9.17, 15) is 0 Å². The summed E-state index contributed by atoms with van der Waals surface area (Å²) in [5, 5.41) is 6.44. The van der Waals surface area contributed by atoms with E-state index in [4.69, 9.17) is 0 Å². The number of aromatic nitrogens is 3. The van der Waals surface area contributed by atoms with Gasteiger partial charge in [0.1, 0.15) is 11.7 Å². The molecule has 0 saturated carbocycles. The predicted octanol–water partition coefficient (Wildman–Crippen LogP) is 0.758. The monoisotopic (exact) mass is 118 g/mol. The molecule has 0 saturated heterocycles. The van der Waals surface area contributed by atoms with Gasteiger partial charge in [0.25, 0.3) is 0 Å². The molecule has 3 heteroatoms. The second-order valence-electron chi connectivity index (χ2n) is 1.73. The molecular weight excluding hydrogens is 114 g/mol. The molecule has 2 aromatic heterocycles. The number of fused-ring (bicyclic) bond motifs is 1. The molecule has 0 aromatic carbocycles. The first-order valence-electron chi connectivity index (χ1n) is 2.63. The summed E-state index contributed by atoms with van der Waals surface area (Å²) in [6, 6.07) is 3.76. The van der Waals surface area contributed by atoms with Gasteiger partial charge in [0.05, 0.1) is 5.52 Å². The third kappa shape index (κ3) is 0.579. The molecule has 2 heterocycles. The van der Waals surface area contributed by atoms with E-state index in [1.165, 1.54) is 0 Å². The fraction of sp³-hybridized carbons (Fsp3) is 0. The van der Waals surface area contributed by atoms with Crippen LogP contribution >= 0.6 is 0 Å². The summed E-state index contributed by atoms with van der Waals surface area (Å²) in [5.74, 6) is 0. The molecule has 0 fully saturated rings. The van der Waals surface area contributed by atoms with Crippen molar-refractivity contribution < 1.29 is 0 Å². The van der Waals surface area contributed by atoms with Crippen LogP contribution in [0, 0.1) is 6.20 Å². The van der Waals surface area contributed by atoms with Gasteiger partial charge in [-0.1, -0.05) is 0 Å². The van der Waals surface area contributed by atoms with Gasteiger partial charge in [-0.2, -0.15) is 5.10 Å². The van der Waals surface area contributed by atoms with Crippen LogP contribution in [-0.4, -0.2) is 15.2 Å². The number of hydrogen-bond donors (Lipinski definition) is 1. The lowest BCUT2D eigenvalue weighted by Gasteiger charge is -1.80. The minimum atomic E-state index is 0.789. The molecule has 1 N–H and O–H groups in total. The van der Waals surface area contributed by atoms with E-state index in [2.05, 4.69) is 21.4 Å². The molecule has 2 rings (SSSR count). The first-order chi connectivity index (χ1) is 4.47. The van der Waals surface area contributed by atoms with Gasteiger partial charge >= 0.3 is 0 Å². The summed E-state index contributed by atoms with van der Waals surface area (Å²) in [5.41, 5.74) is 1.72. The number of nitrogens with one attached hydrogen (secondary N) is 1. The normalized spacial score (nSPS) is 10.2. The second-order valence-corrected chi connectivity index (χ2v) is 1.73. The van der Waals surface area contributed by atoms with E-state index < -0.39 is 0 Å². The summed E-state index contributed by atoms with van der Waals surface area (Å²) >= 11 is 0. The summed E-state index contributed by atoms with van der Waals surface area (Å²) in [7, 11) is 0. The Morgan fingerprint density at radius 2 is 2.56 bits per heavy atom. The fourth-order valence-electron chi connectivity index (χ4n) is 0.726. The Morgan fingerprint density at radius 1 is 1.56 bits per heavy atom. The van der Waals surface area contributed by atoms with E-state index in [0.29, 0.717) is 0 Å². The van der Waals surface area contributed by atoms with Gasteiger partial charge in [-0.3, -0.25) is 10.1 Å². The molecular formula is C6H4N3. The van der Waals surface area contributed by atoms with E-state index in [1.54, 1.807) is 6.20 Å². The van der Waals surface area contributed by atoms with Crippen LogP contribution in [-0.2, 0) is 0 Å². The molecule has 0 amide bonds. The second kappa shape index (κ2) is 1.55. The highest BCUT2D eigenvalue weighted by molar-refractivity contribution is 5.71. The van der Waals surface area contributed by atoms with Crippen molar-refractivity contribution in [1.82, 2.24) is 15.2 Å². The van der Waals surface area contributed by atoms with Crippen LogP contribution < -0.4 is 0 Å². The molecule has 9 heavy (non-hydrogen) atoms. The minimum absolute atomic E-state index is 0.789. The van der Waals surface area contributed by atoms with E-state index in [0.717, 1.165) is 11.0 Å². The number of aromatic amines is 1. The molecule has 3 nitrogen and oxygen atoms in total. The number of nitrogens with zero attached hydrogens (tertiary/aromatic N) is 2. The van der Waals surface area contributed by atoms with E-state index >= 15 is 0 Å². The maximum atomic E-state index is 3.99. The number of H-pyrrole nitrogens is 1. The molecule has 0 bridgehead atoms. The SMILES string of the molecule is [c]1n[nH]c2cccnc12. The Kier molecular flexibility index (Phi) is 0.773. The summed E-state index contributed by atoms with van der Waals surface area (Å²) < 4.78 is 0. The highest BCUT2D eigenvalue weighted by Crippen LogP contribution is 2.02. The number of pyridine rings is 1. The molecule has 1 radical (unpaired) electrons. The summed E-state index contributed by atoms with van der Waals surface area (Å²) in [6.45, 7) is 0. The van der Waals surface area contributed by atoms with Crippen LogP contribution in [0.15, 0.2) is 18.3 Å². The highest BCUT2D eigenvalue weighted by Gasteiger charge is 1.90. The standard InChI is InChI=1S/C6H4N3/c1-2-5-6(7-3-1)4-8-9-5/h1-3H,(H,8,9). The van der Waals surface area contributed by atoms with Gasteiger partial charge in [-0.15, -0.1) is 0 Å². The van der Waals surface area contributed by atoms with Crippen LogP contribution in [0.1, 0.15) is 0 Å². The topological polar surface area (TPSA) is 41.6 Å². The van der Waals surface area contributed by atoms with Gasteiger partial charge in [-0.05, 0) is 12.1 Å². The molecule has 0 spiro atoms. The maximum absolute atomic E-state index is 3.99. The zero-order valence-electron chi connectivity index (χ0n) is 4.63. The van der Waals surface area contributed by atoms with Crippen LogP contribution in [0.25, 0.3) is 11.0 Å². The number of hydrogen-bond acceptors (Lipinski definition) is 2. The third-order valence-electron chi connectivity index (χ3n) is 1.15. The van der Waals surface area contributed by atoms with E-state index in [1.807, 2.05) is 12.1 Å². The molecule has 0 unspecified atom stereocenters. The molecule has 2 aromatic rings. The fourth-order valence-corrected chi connectivity index (χ4v) is 0.726. The zero-order valence-corrected chi connectivity index (χ0v) is 4.63. The maximum Gasteiger partial charge on any atom is 0.141 e. The average Bonchev–Trinajstić information content (AvgIpc) is 2.33. The van der Waals surface area contributed by atoms with Crippen molar-refractivity contribution in [3.8, 4) is 0 Å². The molecule has 0 atom stereocenters. The van der Waals surface area contributed by atoms with Crippen LogP contribution in [0.4, 0.5) is 0 Å². The van der Waals surface area contributed by atoms with Crippen molar-refractivity contribution >= 4 is 11.0 Å². The smallest absolute Gasteiger partial charge is 0.141 e. The Hall–Kier alpha value is -1.38. The van der Waals surface area contributed by atoms with Crippen molar-refractivity contribution in [1.29, 1.82) is 0 Å². The van der Waals surface area contributed by atoms with Gasteiger partial charge in [-0.25, -0.2) is 0 Å². The minimum Gasteiger partial charge on any atom is -0.275 e. The molecule has 0 aliphatic carbocycles. The van der Waals surface area contributed by atoms with Crippen LogP contribution in [0.3, 0.4) is 0 Å². The van der Waals surface area contributed by atoms with Gasteiger partial charge < -0.3 is 0 Å². The lowest BCUT2D eigenvalue weighted by atomic mass is 10.4. The quantitative estimate of drug-likeness (QED) is 0.554. The lowest BCUT2D eigenvalue weighted by molar-refractivity contribution is 1.11. The summed E-state index contributed by atoms with van der Waals surface area (Å²) in [4.78, 5) is 3.99. The van der Waals surface area contributed by atoms with Crippen molar-refractivity contribution in [2.24, 2.45) is 0 Å². The van der Waals surface area contributed by atoms with Crippen molar-refractivity contribution in [3.63, 3.8) is 0 Å². The lowest BCUT2D eigenvalue weighted by Crippen LogP contribution is -1.69.